The molecule has 6 nitrogen and oxygen atoms in total. The minimum absolute atomic E-state index is 0.00205. The van der Waals surface area contributed by atoms with Crippen LogP contribution in [-0.2, 0) is 7.05 Å². The summed E-state index contributed by atoms with van der Waals surface area (Å²) in [5.41, 5.74) is 0.319. The molecular formula is C20H13F2N3O3. The van der Waals surface area contributed by atoms with Crippen molar-refractivity contribution in [2.24, 2.45) is 7.05 Å². The van der Waals surface area contributed by atoms with Crippen molar-refractivity contribution in [2.45, 2.75) is 0 Å². The molecule has 1 N–H and O–H groups in total. The van der Waals surface area contributed by atoms with Gasteiger partial charge in [0.2, 0.25) is 0 Å². The fourth-order valence-electron chi connectivity index (χ4n) is 2.81. The molecule has 2 aromatic heterocycles. The maximum Gasteiger partial charge on any atom is 0.277 e. The first-order chi connectivity index (χ1) is 13.4. The number of benzene rings is 2. The molecule has 0 saturated heterocycles. The molecule has 2 heterocycles. The van der Waals surface area contributed by atoms with Gasteiger partial charge in [0.15, 0.2) is 17.3 Å². The largest absolute Gasteiger partial charge is 0.454 e. The van der Waals surface area contributed by atoms with Crippen LogP contribution in [0.3, 0.4) is 0 Å². The predicted octanol–water partition coefficient (Wildman–Crippen LogP) is 3.56. The summed E-state index contributed by atoms with van der Waals surface area (Å²) in [5, 5.41) is 3.10. The highest BCUT2D eigenvalue weighted by atomic mass is 19.1. The molecule has 140 valence electrons. The molecule has 0 radical (unpaired) electrons. The van der Waals surface area contributed by atoms with Gasteiger partial charge in [-0.1, -0.05) is 0 Å². The number of aryl methyl sites for hydroxylation is 1. The van der Waals surface area contributed by atoms with Crippen molar-refractivity contribution >= 4 is 16.7 Å². The highest BCUT2D eigenvalue weighted by molar-refractivity contribution is 6.10. The van der Waals surface area contributed by atoms with Gasteiger partial charge in [0, 0.05) is 36.5 Å². The summed E-state index contributed by atoms with van der Waals surface area (Å²) in [5.74, 6) is -1.96. The molecule has 0 atom stereocenters. The Hall–Kier alpha value is -3.81. The molecule has 8 heteroatoms. The zero-order chi connectivity index (χ0) is 19.8. The van der Waals surface area contributed by atoms with Gasteiger partial charge in [-0.2, -0.15) is 0 Å². The molecule has 0 aliphatic heterocycles. The average molecular weight is 381 g/mol. The summed E-state index contributed by atoms with van der Waals surface area (Å²) >= 11 is 0. The Morgan fingerprint density at radius 2 is 1.93 bits per heavy atom. The number of ketones is 1. The number of aromatic amines is 1. The van der Waals surface area contributed by atoms with Gasteiger partial charge in [-0.25, -0.2) is 8.78 Å². The first-order valence-corrected chi connectivity index (χ1v) is 8.25. The summed E-state index contributed by atoms with van der Waals surface area (Å²) in [4.78, 5) is 28.9. The van der Waals surface area contributed by atoms with E-state index in [0.29, 0.717) is 10.9 Å². The Balaban J connectivity index is 1.78. The number of H-pyrrole nitrogens is 1. The van der Waals surface area contributed by atoms with Crippen molar-refractivity contribution < 1.29 is 18.3 Å². The van der Waals surface area contributed by atoms with Crippen molar-refractivity contribution in [3.05, 3.63) is 88.0 Å². The van der Waals surface area contributed by atoms with Crippen LogP contribution in [0.1, 0.15) is 15.9 Å². The second-order valence-electron chi connectivity index (χ2n) is 6.10. The minimum atomic E-state index is -0.854. The van der Waals surface area contributed by atoms with E-state index in [9.17, 15) is 18.4 Å². The van der Waals surface area contributed by atoms with Gasteiger partial charge >= 0.3 is 0 Å². The quantitative estimate of drug-likeness (QED) is 0.549. The van der Waals surface area contributed by atoms with Crippen LogP contribution >= 0.6 is 0 Å². The van der Waals surface area contributed by atoms with Gasteiger partial charge in [0.05, 0.1) is 5.52 Å². The average Bonchev–Trinajstić information content (AvgIpc) is 3.02. The second kappa shape index (κ2) is 6.73. The minimum Gasteiger partial charge on any atom is -0.454 e. The zero-order valence-corrected chi connectivity index (χ0v) is 14.6. The van der Waals surface area contributed by atoms with Crippen LogP contribution < -0.4 is 10.3 Å². The first-order valence-electron chi connectivity index (χ1n) is 8.25. The van der Waals surface area contributed by atoms with Gasteiger partial charge in [-0.15, -0.1) is 0 Å². The summed E-state index contributed by atoms with van der Waals surface area (Å²) < 4.78 is 33.8. The van der Waals surface area contributed by atoms with E-state index in [1.807, 2.05) is 0 Å². The van der Waals surface area contributed by atoms with E-state index in [1.54, 1.807) is 12.1 Å². The Bertz CT molecular complexity index is 1280. The monoisotopic (exact) mass is 381 g/mol. The van der Waals surface area contributed by atoms with Crippen LogP contribution in [-0.4, -0.2) is 20.5 Å². The van der Waals surface area contributed by atoms with Gasteiger partial charge in [-0.05, 0) is 36.4 Å². The third kappa shape index (κ3) is 3.05. The predicted molar refractivity (Wildman–Crippen MR) is 97.6 cm³/mol. The number of halogens is 2. The van der Waals surface area contributed by atoms with Gasteiger partial charge in [-0.3, -0.25) is 19.3 Å². The summed E-state index contributed by atoms with van der Waals surface area (Å²) in [7, 11) is 1.51. The van der Waals surface area contributed by atoms with E-state index in [2.05, 4.69) is 10.1 Å². The van der Waals surface area contributed by atoms with E-state index in [4.69, 9.17) is 4.74 Å². The molecule has 2 aromatic carbocycles. The van der Waals surface area contributed by atoms with Crippen molar-refractivity contribution in [3.63, 3.8) is 0 Å². The molecule has 0 amide bonds. The smallest absolute Gasteiger partial charge is 0.277 e. The van der Waals surface area contributed by atoms with Crippen LogP contribution in [0.2, 0.25) is 0 Å². The number of nitrogens with one attached hydrogen (secondary N) is 1. The molecule has 4 rings (SSSR count). The number of hydrogen-bond donors (Lipinski definition) is 1. The number of pyridine rings is 1. The van der Waals surface area contributed by atoms with Gasteiger partial charge < -0.3 is 9.84 Å². The summed E-state index contributed by atoms with van der Waals surface area (Å²) in [6, 6.07) is 9.16. The van der Waals surface area contributed by atoms with Crippen LogP contribution in [0, 0.1) is 11.6 Å². The Morgan fingerprint density at radius 3 is 2.64 bits per heavy atom. The fourth-order valence-corrected chi connectivity index (χ4v) is 2.81. The standard InChI is InChI=1S/C20H13F2N3O3/c1-25-20(27)14(10-24-25)19(26)11-2-4-16-13(8-11)17(6-7-23-16)28-18-5-3-12(21)9-15(18)22/h2-10,24H,1H3. The SMILES string of the molecule is Cn1[nH]cc(C(=O)c2ccc3nccc(Oc4ccc(F)cc4F)c3c2)c1=O. The molecule has 0 unspecified atom stereocenters. The summed E-state index contributed by atoms with van der Waals surface area (Å²) in [6.07, 6.45) is 2.81. The van der Waals surface area contributed by atoms with Crippen molar-refractivity contribution in [1.29, 1.82) is 0 Å². The highest BCUT2D eigenvalue weighted by Crippen LogP contribution is 2.31. The molecule has 4 aromatic rings. The lowest BCUT2D eigenvalue weighted by atomic mass is 10.0. The molecule has 0 aliphatic rings. The number of carbonyl (C=O) groups is 1. The topological polar surface area (TPSA) is 77.0 Å². The maximum absolute atomic E-state index is 13.9. The van der Waals surface area contributed by atoms with Crippen LogP contribution in [0.5, 0.6) is 11.5 Å². The molecule has 0 spiro atoms. The maximum atomic E-state index is 13.9. The van der Waals surface area contributed by atoms with E-state index >= 15 is 0 Å². The number of carbonyl (C=O) groups excluding carboxylic acids is 1. The third-order valence-electron chi connectivity index (χ3n) is 4.26. The van der Waals surface area contributed by atoms with Crippen LogP contribution in [0.25, 0.3) is 10.9 Å². The Labute approximate surface area is 157 Å². The number of hydrogen-bond acceptors (Lipinski definition) is 4. The first kappa shape index (κ1) is 17.6. The van der Waals surface area contributed by atoms with Crippen molar-refractivity contribution in [2.75, 3.05) is 0 Å². The molecule has 0 saturated carbocycles. The van der Waals surface area contributed by atoms with Gasteiger partial charge in [0.25, 0.3) is 5.56 Å². The molecular weight excluding hydrogens is 368 g/mol. The molecule has 0 bridgehead atoms. The van der Waals surface area contributed by atoms with E-state index in [0.717, 1.165) is 12.1 Å². The van der Waals surface area contributed by atoms with Gasteiger partial charge in [0.1, 0.15) is 17.1 Å². The third-order valence-corrected chi connectivity index (χ3v) is 4.26. The molecule has 28 heavy (non-hydrogen) atoms. The number of fused-ring (bicyclic) bond motifs is 1. The van der Waals surface area contributed by atoms with Crippen LogP contribution in [0.4, 0.5) is 8.78 Å². The lowest BCUT2D eigenvalue weighted by molar-refractivity contribution is 0.103. The number of ether oxygens (including phenoxy) is 1. The Kier molecular flexibility index (Phi) is 4.23. The lowest BCUT2D eigenvalue weighted by Gasteiger charge is -2.10. The van der Waals surface area contributed by atoms with E-state index < -0.39 is 23.0 Å². The van der Waals surface area contributed by atoms with Crippen molar-refractivity contribution in [1.82, 2.24) is 14.8 Å². The van der Waals surface area contributed by atoms with Crippen molar-refractivity contribution in [3.8, 4) is 11.5 Å². The summed E-state index contributed by atoms with van der Waals surface area (Å²) in [6.45, 7) is 0. The number of nitrogens with zero attached hydrogens (tertiary/aromatic N) is 2. The Morgan fingerprint density at radius 1 is 1.11 bits per heavy atom. The number of aromatic nitrogens is 3. The van der Waals surface area contributed by atoms with E-state index in [1.165, 1.54) is 42.3 Å². The normalized spacial score (nSPS) is 11.0. The molecule has 0 aliphatic carbocycles. The zero-order valence-electron chi connectivity index (χ0n) is 14.6. The highest BCUT2D eigenvalue weighted by Gasteiger charge is 2.17. The van der Waals surface area contributed by atoms with E-state index in [-0.39, 0.29) is 22.6 Å². The fraction of sp³-hybridized carbons (Fsp3) is 0.0500. The lowest BCUT2D eigenvalue weighted by Crippen LogP contribution is -2.19. The van der Waals surface area contributed by atoms with Crippen LogP contribution in [0.15, 0.2) is 59.7 Å². The molecule has 0 fully saturated rings. The second-order valence-corrected chi connectivity index (χ2v) is 6.10. The number of rotatable bonds is 4.